The molecule has 1 aliphatic rings. The topological polar surface area (TPSA) is 50.7 Å². The van der Waals surface area contributed by atoms with Crippen LogP contribution in [-0.4, -0.2) is 24.6 Å². The van der Waals surface area contributed by atoms with Gasteiger partial charge >= 0.3 is 0 Å². The molecule has 1 rings (SSSR count). The molecule has 0 aromatic rings. The van der Waals surface area contributed by atoms with E-state index in [1.807, 2.05) is 6.92 Å². The van der Waals surface area contributed by atoms with Crippen molar-refractivity contribution in [1.82, 2.24) is 0 Å². The summed E-state index contributed by atoms with van der Waals surface area (Å²) in [5.41, 5.74) is 5.47. The normalized spacial score (nSPS) is 22.2. The van der Waals surface area contributed by atoms with Gasteiger partial charge in [-0.3, -0.25) is 9.98 Å². The smallest absolute Gasteiger partial charge is 0.154 e. The van der Waals surface area contributed by atoms with Gasteiger partial charge in [-0.2, -0.15) is 0 Å². The predicted molar refractivity (Wildman–Crippen MR) is 34.4 cm³/mol. The van der Waals surface area contributed by atoms with Gasteiger partial charge in [0.05, 0.1) is 0 Å². The first-order valence-electron chi connectivity index (χ1n) is 2.61. The number of hydrogen-bond donors (Lipinski definition) is 1. The monoisotopic (exact) mass is 111 g/mol. The zero-order chi connectivity index (χ0) is 5.98. The van der Waals surface area contributed by atoms with Crippen LogP contribution in [0.5, 0.6) is 0 Å². The number of aliphatic imine (C=N–C) groups is 2. The third-order valence-electron chi connectivity index (χ3n) is 1.01. The minimum absolute atomic E-state index is 0.0185. The van der Waals surface area contributed by atoms with E-state index in [1.165, 1.54) is 0 Å². The standard InChI is InChI=1S/C5H9N3/c1-4(6)5-7-2-3-8-5/h2-5H,6H2,1H3. The van der Waals surface area contributed by atoms with Crippen LogP contribution < -0.4 is 5.73 Å². The largest absolute Gasteiger partial charge is 0.324 e. The van der Waals surface area contributed by atoms with Gasteiger partial charge < -0.3 is 5.73 Å². The van der Waals surface area contributed by atoms with Crippen LogP contribution in [0.1, 0.15) is 6.92 Å². The van der Waals surface area contributed by atoms with Crippen LogP contribution in [0, 0.1) is 0 Å². The van der Waals surface area contributed by atoms with Crippen molar-refractivity contribution in [3.63, 3.8) is 0 Å². The van der Waals surface area contributed by atoms with Crippen molar-refractivity contribution in [2.45, 2.75) is 19.1 Å². The minimum atomic E-state index is -0.0185. The third kappa shape index (κ3) is 0.924. The summed E-state index contributed by atoms with van der Waals surface area (Å²) in [5, 5.41) is 0. The summed E-state index contributed by atoms with van der Waals surface area (Å²) in [5.74, 6) is 0. The van der Waals surface area contributed by atoms with Gasteiger partial charge in [-0.1, -0.05) is 0 Å². The zero-order valence-corrected chi connectivity index (χ0v) is 4.78. The fourth-order valence-electron chi connectivity index (χ4n) is 0.563. The fraction of sp³-hybridized carbons (Fsp3) is 0.600. The Morgan fingerprint density at radius 2 is 2.00 bits per heavy atom. The average Bonchev–Trinajstić information content (AvgIpc) is 2.12. The van der Waals surface area contributed by atoms with E-state index in [0.29, 0.717) is 0 Å². The molecule has 3 heteroatoms. The summed E-state index contributed by atoms with van der Waals surface area (Å²) in [7, 11) is 0. The Morgan fingerprint density at radius 1 is 1.50 bits per heavy atom. The molecule has 0 radical (unpaired) electrons. The molecule has 1 aliphatic heterocycles. The lowest BCUT2D eigenvalue weighted by Gasteiger charge is -2.05. The highest BCUT2D eigenvalue weighted by molar-refractivity contribution is 6.17. The highest BCUT2D eigenvalue weighted by Crippen LogP contribution is 1.99. The summed E-state index contributed by atoms with van der Waals surface area (Å²) >= 11 is 0. The molecule has 8 heavy (non-hydrogen) atoms. The van der Waals surface area contributed by atoms with E-state index in [4.69, 9.17) is 5.73 Å². The van der Waals surface area contributed by atoms with Gasteiger partial charge in [0, 0.05) is 18.5 Å². The van der Waals surface area contributed by atoms with E-state index in [1.54, 1.807) is 12.4 Å². The van der Waals surface area contributed by atoms with E-state index < -0.39 is 0 Å². The van der Waals surface area contributed by atoms with E-state index in [-0.39, 0.29) is 12.2 Å². The molecule has 0 saturated heterocycles. The Balaban J connectivity index is 2.49. The van der Waals surface area contributed by atoms with Crippen molar-refractivity contribution in [1.29, 1.82) is 0 Å². The molecule has 0 spiro atoms. The van der Waals surface area contributed by atoms with Gasteiger partial charge in [0.1, 0.15) is 0 Å². The first-order valence-corrected chi connectivity index (χ1v) is 2.61. The maximum Gasteiger partial charge on any atom is 0.154 e. The van der Waals surface area contributed by atoms with Gasteiger partial charge in [-0.05, 0) is 6.92 Å². The number of hydrogen-bond acceptors (Lipinski definition) is 3. The summed E-state index contributed by atoms with van der Waals surface area (Å²) in [4.78, 5) is 7.93. The number of nitrogens with zero attached hydrogens (tertiary/aromatic N) is 2. The van der Waals surface area contributed by atoms with Gasteiger partial charge in [0.25, 0.3) is 0 Å². The van der Waals surface area contributed by atoms with E-state index in [0.717, 1.165) is 0 Å². The van der Waals surface area contributed by atoms with Crippen LogP contribution in [0.25, 0.3) is 0 Å². The van der Waals surface area contributed by atoms with E-state index >= 15 is 0 Å². The molecule has 2 N–H and O–H groups in total. The molecule has 1 heterocycles. The van der Waals surface area contributed by atoms with Gasteiger partial charge in [-0.25, -0.2) is 0 Å². The van der Waals surface area contributed by atoms with Crippen molar-refractivity contribution in [2.75, 3.05) is 0 Å². The first-order chi connectivity index (χ1) is 3.80. The first kappa shape index (κ1) is 5.44. The number of rotatable bonds is 1. The Bertz CT molecular complexity index is 114. The van der Waals surface area contributed by atoms with Crippen LogP contribution in [-0.2, 0) is 0 Å². The summed E-state index contributed by atoms with van der Waals surface area (Å²) < 4.78 is 0. The molecule has 0 aromatic carbocycles. The second-order valence-electron chi connectivity index (χ2n) is 1.87. The zero-order valence-electron chi connectivity index (χ0n) is 4.78. The minimum Gasteiger partial charge on any atom is -0.324 e. The van der Waals surface area contributed by atoms with Crippen LogP contribution in [0.15, 0.2) is 9.98 Å². The third-order valence-corrected chi connectivity index (χ3v) is 1.01. The van der Waals surface area contributed by atoms with Crippen molar-refractivity contribution >= 4 is 12.4 Å². The lowest BCUT2D eigenvalue weighted by atomic mass is 10.3. The molecule has 1 atom stereocenters. The lowest BCUT2D eigenvalue weighted by Crippen LogP contribution is -2.27. The molecule has 0 bridgehead atoms. The second kappa shape index (κ2) is 2.05. The maximum atomic E-state index is 5.47. The lowest BCUT2D eigenvalue weighted by molar-refractivity contribution is 0.596. The van der Waals surface area contributed by atoms with Crippen molar-refractivity contribution < 1.29 is 0 Å². The molecule has 0 amide bonds. The maximum absolute atomic E-state index is 5.47. The number of nitrogens with two attached hydrogens (primary N) is 1. The van der Waals surface area contributed by atoms with Crippen LogP contribution in [0.2, 0.25) is 0 Å². The van der Waals surface area contributed by atoms with Crippen molar-refractivity contribution in [2.24, 2.45) is 15.7 Å². The van der Waals surface area contributed by atoms with Gasteiger partial charge in [0.15, 0.2) is 6.17 Å². The fourth-order valence-corrected chi connectivity index (χ4v) is 0.563. The average molecular weight is 111 g/mol. The quantitative estimate of drug-likeness (QED) is 0.501. The Labute approximate surface area is 48.3 Å². The Hall–Kier alpha value is -0.700. The summed E-state index contributed by atoms with van der Waals surface area (Å²) in [6.07, 6.45) is 3.33. The van der Waals surface area contributed by atoms with Crippen LogP contribution in [0.4, 0.5) is 0 Å². The van der Waals surface area contributed by atoms with Crippen molar-refractivity contribution in [3.8, 4) is 0 Å². The molecule has 3 nitrogen and oxygen atoms in total. The molecular weight excluding hydrogens is 102 g/mol. The van der Waals surface area contributed by atoms with Gasteiger partial charge in [-0.15, -0.1) is 0 Å². The Morgan fingerprint density at radius 3 is 2.25 bits per heavy atom. The molecule has 0 saturated carbocycles. The molecule has 1 unspecified atom stereocenters. The Kier molecular flexibility index (Phi) is 1.39. The highest BCUT2D eigenvalue weighted by Gasteiger charge is 2.09. The summed E-state index contributed by atoms with van der Waals surface area (Å²) in [6.45, 7) is 1.89. The van der Waals surface area contributed by atoms with Gasteiger partial charge in [0.2, 0.25) is 0 Å². The molecular formula is C5H9N3. The van der Waals surface area contributed by atoms with E-state index in [9.17, 15) is 0 Å². The summed E-state index contributed by atoms with van der Waals surface area (Å²) in [6, 6.07) is 0.0463. The molecule has 0 fully saturated rings. The van der Waals surface area contributed by atoms with E-state index in [2.05, 4.69) is 9.98 Å². The second-order valence-corrected chi connectivity index (χ2v) is 1.87. The van der Waals surface area contributed by atoms with Crippen molar-refractivity contribution in [3.05, 3.63) is 0 Å². The van der Waals surface area contributed by atoms with Crippen LogP contribution in [0.3, 0.4) is 0 Å². The predicted octanol–water partition coefficient (Wildman–Crippen LogP) is -0.185. The SMILES string of the molecule is CC(N)C1N=CC=N1. The van der Waals surface area contributed by atoms with Crippen LogP contribution >= 0.6 is 0 Å². The highest BCUT2D eigenvalue weighted by atomic mass is 15.1. The molecule has 0 aromatic heterocycles. The molecule has 44 valence electrons. The molecule has 0 aliphatic carbocycles.